The number of amides is 1. The summed E-state index contributed by atoms with van der Waals surface area (Å²) in [6, 6.07) is -0.793. The van der Waals surface area contributed by atoms with Gasteiger partial charge in [0.25, 0.3) is 0 Å². The third-order valence-corrected chi connectivity index (χ3v) is 12.1. The zero-order valence-electron chi connectivity index (χ0n) is 38.0. The van der Waals surface area contributed by atoms with Gasteiger partial charge in [-0.25, -0.2) is 0 Å². The molecule has 0 aromatic heterocycles. The van der Waals surface area contributed by atoms with Crippen LogP contribution in [0.3, 0.4) is 0 Å². The molecule has 0 spiro atoms. The Kier molecular flexibility index (Phi) is 46.0. The Morgan fingerprint density at radius 1 is 0.429 bits per heavy atom. The van der Waals surface area contributed by atoms with Crippen LogP contribution >= 0.6 is 0 Å². The molecule has 0 aliphatic carbocycles. The molecule has 1 amide bonds. The molecule has 0 aliphatic heterocycles. The number of rotatable bonds is 47. The minimum atomic E-state index is -1.09. The van der Waals surface area contributed by atoms with E-state index in [1.807, 2.05) is 6.08 Å². The third-order valence-electron chi connectivity index (χ3n) is 12.1. The second kappa shape index (κ2) is 46.8. The molecule has 5 nitrogen and oxygen atoms in total. The number of aliphatic hydroxyl groups excluding tert-OH is 3. The fourth-order valence-electron chi connectivity index (χ4n) is 8.13. The SMILES string of the molecule is CCCCCCCCCCCCCCCCCC/C=C/C(O)C(CO)NC(=O)C(O)CCCCCCCCCCCCCCCCCCCCCCCCCC. The monoisotopic (exact) mass is 792 g/mol. The Hall–Kier alpha value is -0.910. The molecule has 3 atom stereocenters. The van der Waals surface area contributed by atoms with Crippen molar-refractivity contribution >= 4 is 5.91 Å². The summed E-state index contributed by atoms with van der Waals surface area (Å²) in [7, 11) is 0. The van der Waals surface area contributed by atoms with E-state index in [4.69, 9.17) is 0 Å². The van der Waals surface area contributed by atoms with Crippen LogP contribution in [-0.4, -0.2) is 46.1 Å². The fraction of sp³-hybridized carbons (Fsp3) is 0.941. The van der Waals surface area contributed by atoms with Gasteiger partial charge in [0.05, 0.1) is 18.8 Å². The van der Waals surface area contributed by atoms with E-state index in [0.29, 0.717) is 6.42 Å². The summed E-state index contributed by atoms with van der Waals surface area (Å²) in [6.07, 6.45) is 56.9. The summed E-state index contributed by atoms with van der Waals surface area (Å²) in [4.78, 5) is 12.5. The predicted molar refractivity (Wildman–Crippen MR) is 245 cm³/mol. The Bertz CT molecular complexity index is 788. The number of unbranched alkanes of at least 4 members (excludes halogenated alkanes) is 39. The maximum Gasteiger partial charge on any atom is 0.249 e. The predicted octanol–water partition coefficient (Wildman–Crippen LogP) is 15.2. The van der Waals surface area contributed by atoms with Gasteiger partial charge in [-0.05, 0) is 19.3 Å². The molecule has 334 valence electrons. The average molecular weight is 792 g/mol. The summed E-state index contributed by atoms with van der Waals surface area (Å²) >= 11 is 0. The van der Waals surface area contributed by atoms with Crippen molar-refractivity contribution in [2.24, 2.45) is 0 Å². The Balaban J connectivity index is 3.57. The molecule has 0 bridgehead atoms. The van der Waals surface area contributed by atoms with Crippen LogP contribution in [0.1, 0.15) is 284 Å². The molecule has 5 heteroatoms. The van der Waals surface area contributed by atoms with Crippen LogP contribution in [-0.2, 0) is 4.79 Å². The van der Waals surface area contributed by atoms with Crippen LogP contribution in [0.4, 0.5) is 0 Å². The molecule has 0 radical (unpaired) electrons. The molecule has 0 rings (SSSR count). The quantitative estimate of drug-likeness (QED) is 0.0365. The zero-order valence-corrected chi connectivity index (χ0v) is 38.0. The molecule has 3 unspecified atom stereocenters. The van der Waals surface area contributed by atoms with Crippen LogP contribution in [0.5, 0.6) is 0 Å². The molecule has 0 saturated heterocycles. The lowest BCUT2D eigenvalue weighted by Crippen LogP contribution is -2.48. The van der Waals surface area contributed by atoms with Crippen molar-refractivity contribution in [3.05, 3.63) is 12.2 Å². The van der Waals surface area contributed by atoms with E-state index in [0.717, 1.165) is 32.1 Å². The van der Waals surface area contributed by atoms with Crippen LogP contribution in [0, 0.1) is 0 Å². The number of aliphatic hydroxyl groups is 3. The van der Waals surface area contributed by atoms with E-state index in [2.05, 4.69) is 19.2 Å². The summed E-state index contributed by atoms with van der Waals surface area (Å²) in [5.74, 6) is -0.497. The molecule has 56 heavy (non-hydrogen) atoms. The van der Waals surface area contributed by atoms with Crippen LogP contribution in [0.25, 0.3) is 0 Å². The van der Waals surface area contributed by atoms with Gasteiger partial charge >= 0.3 is 0 Å². The van der Waals surface area contributed by atoms with Gasteiger partial charge in [0.15, 0.2) is 0 Å². The molecule has 0 aromatic carbocycles. The van der Waals surface area contributed by atoms with Gasteiger partial charge in [-0.1, -0.05) is 276 Å². The number of carbonyl (C=O) groups excluding carboxylic acids is 1. The van der Waals surface area contributed by atoms with Crippen molar-refractivity contribution in [3.63, 3.8) is 0 Å². The lowest BCUT2D eigenvalue weighted by atomic mass is 10.0. The average Bonchev–Trinajstić information content (AvgIpc) is 3.20. The van der Waals surface area contributed by atoms with Crippen LogP contribution in [0.2, 0.25) is 0 Å². The number of nitrogens with one attached hydrogen (secondary N) is 1. The minimum absolute atomic E-state index is 0.359. The largest absolute Gasteiger partial charge is 0.394 e. The highest BCUT2D eigenvalue weighted by Gasteiger charge is 2.22. The standard InChI is InChI=1S/C51H101NO4/c1-3-5-7-9-11-13-15-17-19-21-23-24-25-26-27-28-30-32-34-36-38-40-42-44-46-50(55)51(56)52-48(47-53)49(54)45-43-41-39-37-35-33-31-29-22-20-18-16-14-12-10-8-6-4-2/h43,45,48-50,53-55H,3-42,44,46-47H2,1-2H3,(H,52,56)/b45-43+. The van der Waals surface area contributed by atoms with Crippen LogP contribution < -0.4 is 5.32 Å². The highest BCUT2D eigenvalue weighted by Crippen LogP contribution is 2.17. The third kappa shape index (κ3) is 41.3. The van der Waals surface area contributed by atoms with Gasteiger partial charge < -0.3 is 20.6 Å². The zero-order chi connectivity index (χ0) is 40.8. The van der Waals surface area contributed by atoms with Crippen LogP contribution in [0.15, 0.2) is 12.2 Å². The molecule has 0 heterocycles. The number of allylic oxidation sites excluding steroid dienone is 1. The number of hydrogen-bond donors (Lipinski definition) is 4. The molecular weight excluding hydrogens is 691 g/mol. The highest BCUT2D eigenvalue weighted by molar-refractivity contribution is 5.80. The van der Waals surface area contributed by atoms with Gasteiger partial charge in [-0.2, -0.15) is 0 Å². The van der Waals surface area contributed by atoms with Gasteiger partial charge in [0, 0.05) is 0 Å². The maximum atomic E-state index is 12.5. The van der Waals surface area contributed by atoms with Gasteiger partial charge in [0.1, 0.15) is 6.10 Å². The lowest BCUT2D eigenvalue weighted by Gasteiger charge is -2.21. The summed E-state index contributed by atoms with van der Waals surface area (Å²) in [5.41, 5.74) is 0. The van der Waals surface area contributed by atoms with Crippen molar-refractivity contribution < 1.29 is 20.1 Å². The normalized spacial score (nSPS) is 13.4. The Morgan fingerprint density at radius 3 is 0.982 bits per heavy atom. The van der Waals surface area contributed by atoms with Crippen molar-refractivity contribution in [1.29, 1.82) is 0 Å². The summed E-state index contributed by atoms with van der Waals surface area (Å²) < 4.78 is 0. The first-order chi connectivity index (χ1) is 27.6. The molecule has 0 fully saturated rings. The Morgan fingerprint density at radius 2 is 0.696 bits per heavy atom. The maximum absolute atomic E-state index is 12.5. The fourth-order valence-corrected chi connectivity index (χ4v) is 8.13. The number of carbonyl (C=O) groups is 1. The van der Waals surface area contributed by atoms with E-state index in [9.17, 15) is 20.1 Å². The van der Waals surface area contributed by atoms with Crippen molar-refractivity contribution in [3.8, 4) is 0 Å². The topological polar surface area (TPSA) is 89.8 Å². The smallest absolute Gasteiger partial charge is 0.249 e. The van der Waals surface area contributed by atoms with Crippen molar-refractivity contribution in [2.75, 3.05) is 6.61 Å². The molecular formula is C51H101NO4. The summed E-state index contributed by atoms with van der Waals surface area (Å²) in [6.45, 7) is 4.21. The second-order valence-corrected chi connectivity index (χ2v) is 17.7. The first-order valence-electron chi connectivity index (χ1n) is 25.5. The second-order valence-electron chi connectivity index (χ2n) is 17.7. The van der Waals surface area contributed by atoms with E-state index in [1.54, 1.807) is 6.08 Å². The van der Waals surface area contributed by atoms with Gasteiger partial charge in [-0.15, -0.1) is 0 Å². The lowest BCUT2D eigenvalue weighted by molar-refractivity contribution is -0.131. The molecule has 0 aliphatic rings. The first kappa shape index (κ1) is 55.1. The van der Waals surface area contributed by atoms with E-state index in [1.165, 1.54) is 231 Å². The first-order valence-corrected chi connectivity index (χ1v) is 25.5. The highest BCUT2D eigenvalue weighted by atomic mass is 16.3. The number of hydrogen-bond acceptors (Lipinski definition) is 4. The van der Waals surface area contributed by atoms with Gasteiger partial charge in [0.2, 0.25) is 5.91 Å². The van der Waals surface area contributed by atoms with E-state index in [-0.39, 0.29) is 6.61 Å². The van der Waals surface area contributed by atoms with Gasteiger partial charge in [-0.3, -0.25) is 4.79 Å². The van der Waals surface area contributed by atoms with E-state index < -0.39 is 24.2 Å². The van der Waals surface area contributed by atoms with Crippen molar-refractivity contribution in [1.82, 2.24) is 5.32 Å². The minimum Gasteiger partial charge on any atom is -0.394 e. The molecule has 0 saturated carbocycles. The summed E-state index contributed by atoms with van der Waals surface area (Å²) in [5, 5.41) is 33.3. The molecule has 4 N–H and O–H groups in total. The molecule has 0 aromatic rings. The van der Waals surface area contributed by atoms with Crippen molar-refractivity contribution in [2.45, 2.75) is 302 Å². The van der Waals surface area contributed by atoms with E-state index >= 15 is 0 Å². The Labute approximate surface area is 350 Å².